The molecule has 15 heteroatoms. The van der Waals surface area contributed by atoms with Gasteiger partial charge in [0.25, 0.3) is 0 Å². The van der Waals surface area contributed by atoms with Gasteiger partial charge in [0, 0.05) is 53.0 Å². The zero-order valence-electron chi connectivity index (χ0n) is 28.6. The fourth-order valence-electron chi connectivity index (χ4n) is 5.27. The smallest absolute Gasteiger partial charge is 0.303 e. The number of rotatable bonds is 16. The average molecular weight is 721 g/mol. The Morgan fingerprint density at radius 3 is 1.84 bits per heavy atom. The van der Waals surface area contributed by atoms with Gasteiger partial charge in [-0.1, -0.05) is 35.9 Å². The summed E-state index contributed by atoms with van der Waals surface area (Å²) >= 11 is 6.61. The number of carbonyl (C=O) groups is 6. The van der Waals surface area contributed by atoms with Crippen molar-refractivity contribution >= 4 is 47.4 Å². The predicted molar refractivity (Wildman–Crippen MR) is 174 cm³/mol. The SMILES string of the molecule is CC(=O)OC[C@H](OC(C)=O)[C@@H](OC(C)=O)[C@H](OC(C)=O)[C@@H](OC(C)=O)C(OC(C)=O)c1ccc(Cl)c(Cc2ccc(O[C@H]3CCOC3)cc2)c1. The summed E-state index contributed by atoms with van der Waals surface area (Å²) < 4.78 is 44.1. The van der Waals surface area contributed by atoms with E-state index in [1.165, 1.54) is 6.07 Å². The first-order chi connectivity index (χ1) is 23.6. The normalized spacial score (nSPS) is 16.8. The molecule has 14 nitrogen and oxygen atoms in total. The van der Waals surface area contributed by atoms with E-state index in [4.69, 9.17) is 49.5 Å². The lowest BCUT2D eigenvalue weighted by atomic mass is 9.92. The van der Waals surface area contributed by atoms with Gasteiger partial charge in [-0.25, -0.2) is 0 Å². The molecule has 0 amide bonds. The van der Waals surface area contributed by atoms with E-state index >= 15 is 0 Å². The molecule has 1 aliphatic heterocycles. The standard InChI is InChI=1S/C35H41ClO14/c1-19(37)44-18-31(45-20(2)38)33(47-22(4)40)35(49-24(6)42)34(48-23(5)41)32(46-21(3)39)26-9-12-30(36)27(16-26)15-25-7-10-28(11-8-25)50-29-13-14-43-17-29/h7-12,16,29,31-35H,13-15,17-18H2,1-6H3/t29-,31-,32?,33+,34-,35-/m0/s1. The van der Waals surface area contributed by atoms with E-state index in [1.807, 2.05) is 24.3 Å². The molecule has 0 radical (unpaired) electrons. The number of esters is 6. The number of halogens is 1. The zero-order valence-corrected chi connectivity index (χ0v) is 29.4. The van der Waals surface area contributed by atoms with Crippen molar-refractivity contribution < 1.29 is 66.7 Å². The van der Waals surface area contributed by atoms with Crippen molar-refractivity contribution in [1.82, 2.24) is 0 Å². The third kappa shape index (κ3) is 12.6. The van der Waals surface area contributed by atoms with E-state index in [1.54, 1.807) is 12.1 Å². The van der Waals surface area contributed by atoms with Gasteiger partial charge in [0.2, 0.25) is 0 Å². The van der Waals surface area contributed by atoms with E-state index < -0.39 is 72.9 Å². The van der Waals surface area contributed by atoms with Crippen LogP contribution in [0.4, 0.5) is 0 Å². The minimum Gasteiger partial charge on any atom is -0.488 e. The van der Waals surface area contributed by atoms with Crippen molar-refractivity contribution in [2.45, 2.75) is 91.0 Å². The molecular weight excluding hydrogens is 680 g/mol. The van der Waals surface area contributed by atoms with Crippen molar-refractivity contribution in [3.8, 4) is 5.75 Å². The molecule has 2 aromatic rings. The third-order valence-electron chi connectivity index (χ3n) is 7.19. The molecule has 3 rings (SSSR count). The van der Waals surface area contributed by atoms with Gasteiger partial charge in [-0.05, 0) is 41.3 Å². The minimum atomic E-state index is -1.78. The lowest BCUT2D eigenvalue weighted by Crippen LogP contribution is -2.54. The molecule has 0 aromatic heterocycles. The molecule has 0 bridgehead atoms. The number of carbonyl (C=O) groups excluding carboxylic acids is 6. The van der Waals surface area contributed by atoms with Crippen LogP contribution in [0.5, 0.6) is 5.75 Å². The minimum absolute atomic E-state index is 0.0161. The number of benzene rings is 2. The Bertz CT molecular complexity index is 1520. The largest absolute Gasteiger partial charge is 0.488 e. The average Bonchev–Trinajstić information content (AvgIpc) is 3.53. The van der Waals surface area contributed by atoms with E-state index in [9.17, 15) is 28.8 Å². The van der Waals surface area contributed by atoms with Crippen LogP contribution in [0.3, 0.4) is 0 Å². The predicted octanol–water partition coefficient (Wildman–Crippen LogP) is 3.99. The van der Waals surface area contributed by atoms with Gasteiger partial charge < -0.3 is 37.9 Å². The molecule has 0 saturated carbocycles. The van der Waals surface area contributed by atoms with Crippen molar-refractivity contribution in [2.24, 2.45) is 0 Å². The van der Waals surface area contributed by atoms with Gasteiger partial charge in [0.15, 0.2) is 30.5 Å². The van der Waals surface area contributed by atoms with Gasteiger partial charge in [-0.2, -0.15) is 0 Å². The summed E-state index contributed by atoms with van der Waals surface area (Å²) in [6.45, 7) is 6.93. The van der Waals surface area contributed by atoms with E-state index in [0.29, 0.717) is 36.0 Å². The second kappa shape index (κ2) is 18.9. The fourth-order valence-corrected chi connectivity index (χ4v) is 5.46. The van der Waals surface area contributed by atoms with Crippen LogP contribution in [0.15, 0.2) is 42.5 Å². The van der Waals surface area contributed by atoms with E-state index in [0.717, 1.165) is 53.5 Å². The van der Waals surface area contributed by atoms with Crippen molar-refractivity contribution in [3.63, 3.8) is 0 Å². The third-order valence-corrected chi connectivity index (χ3v) is 7.56. The molecule has 0 spiro atoms. The monoisotopic (exact) mass is 720 g/mol. The molecule has 1 aliphatic rings. The molecular formula is C35H41ClO14. The van der Waals surface area contributed by atoms with Crippen molar-refractivity contribution in [2.75, 3.05) is 19.8 Å². The molecule has 0 aliphatic carbocycles. The molecule has 1 unspecified atom stereocenters. The van der Waals surface area contributed by atoms with Crippen LogP contribution in [0.1, 0.15) is 70.8 Å². The maximum atomic E-state index is 12.6. The van der Waals surface area contributed by atoms with Crippen molar-refractivity contribution in [1.29, 1.82) is 0 Å². The Balaban J connectivity index is 2.09. The summed E-state index contributed by atoms with van der Waals surface area (Å²) in [7, 11) is 0. The van der Waals surface area contributed by atoms with Gasteiger partial charge in [-0.3, -0.25) is 28.8 Å². The summed E-state index contributed by atoms with van der Waals surface area (Å²) in [4.78, 5) is 73.8. The maximum Gasteiger partial charge on any atom is 0.303 e. The molecule has 1 saturated heterocycles. The first kappa shape index (κ1) is 39.7. The molecule has 1 heterocycles. The van der Waals surface area contributed by atoms with Crippen molar-refractivity contribution in [3.05, 3.63) is 64.2 Å². The summed E-state index contributed by atoms with van der Waals surface area (Å²) in [5, 5.41) is 0.369. The summed E-state index contributed by atoms with van der Waals surface area (Å²) in [5.41, 5.74) is 1.71. The first-order valence-electron chi connectivity index (χ1n) is 15.7. The highest BCUT2D eigenvalue weighted by Crippen LogP contribution is 2.34. The topological polar surface area (TPSA) is 176 Å². The highest BCUT2D eigenvalue weighted by Gasteiger charge is 2.48. The van der Waals surface area contributed by atoms with E-state index in [-0.39, 0.29) is 11.7 Å². The molecule has 0 N–H and O–H groups in total. The molecule has 272 valence electrons. The summed E-state index contributed by atoms with van der Waals surface area (Å²) in [6.07, 6.45) is -7.15. The van der Waals surface area contributed by atoms with Crippen LogP contribution >= 0.6 is 11.6 Å². The lowest BCUT2D eigenvalue weighted by Gasteiger charge is -2.38. The van der Waals surface area contributed by atoms with Gasteiger partial charge in [-0.15, -0.1) is 0 Å². The van der Waals surface area contributed by atoms with Gasteiger partial charge in [0.1, 0.15) is 18.5 Å². The second-order valence-corrected chi connectivity index (χ2v) is 11.9. The molecule has 6 atom stereocenters. The Labute approximate surface area is 294 Å². The highest BCUT2D eigenvalue weighted by molar-refractivity contribution is 6.31. The first-order valence-corrected chi connectivity index (χ1v) is 16.1. The quantitative estimate of drug-likeness (QED) is 0.180. The Morgan fingerprint density at radius 2 is 1.30 bits per heavy atom. The van der Waals surface area contributed by atoms with Gasteiger partial charge >= 0.3 is 35.8 Å². The summed E-state index contributed by atoms with van der Waals surface area (Å²) in [5.74, 6) is -4.49. The van der Waals surface area contributed by atoms with Crippen LogP contribution in [0.2, 0.25) is 5.02 Å². The van der Waals surface area contributed by atoms with Crippen LogP contribution in [-0.2, 0) is 68.3 Å². The number of hydrogen-bond acceptors (Lipinski definition) is 14. The van der Waals surface area contributed by atoms with Crippen LogP contribution in [0.25, 0.3) is 0 Å². The molecule has 50 heavy (non-hydrogen) atoms. The Morgan fingerprint density at radius 1 is 0.720 bits per heavy atom. The maximum absolute atomic E-state index is 12.6. The lowest BCUT2D eigenvalue weighted by molar-refractivity contribution is -0.214. The number of hydrogen-bond donors (Lipinski definition) is 0. The molecule has 2 aromatic carbocycles. The zero-order chi connectivity index (χ0) is 37.0. The summed E-state index contributed by atoms with van der Waals surface area (Å²) in [6, 6.07) is 12.1. The van der Waals surface area contributed by atoms with Crippen LogP contribution < -0.4 is 4.74 Å². The fraction of sp³-hybridized carbons (Fsp3) is 0.486. The highest BCUT2D eigenvalue weighted by atomic mass is 35.5. The Hall–Kier alpha value is -4.69. The second-order valence-electron chi connectivity index (χ2n) is 11.5. The van der Waals surface area contributed by atoms with Gasteiger partial charge in [0.05, 0.1) is 13.2 Å². The van der Waals surface area contributed by atoms with Crippen LogP contribution in [-0.4, -0.2) is 86.2 Å². The van der Waals surface area contributed by atoms with Crippen LogP contribution in [0, 0.1) is 0 Å². The number of ether oxygens (including phenoxy) is 8. The van der Waals surface area contributed by atoms with E-state index in [2.05, 4.69) is 0 Å². The molecule has 1 fully saturated rings. The Kier molecular flexibility index (Phi) is 15.0.